The second-order valence-corrected chi connectivity index (χ2v) is 14.8. The maximum absolute atomic E-state index is 6.62. The van der Waals surface area contributed by atoms with Crippen LogP contribution in [0.2, 0.25) is 0 Å². The average molecular weight is 770 g/mol. The summed E-state index contributed by atoms with van der Waals surface area (Å²) in [7, 11) is 0. The molecule has 0 saturated heterocycles. The molecule has 10 rings (SSSR count). The molecule has 0 amide bonds. The van der Waals surface area contributed by atoms with E-state index in [9.17, 15) is 0 Å². The third-order valence-electron chi connectivity index (χ3n) is 11.1. The molecule has 0 spiro atoms. The second kappa shape index (κ2) is 16.1. The molecule has 4 nitrogen and oxygen atoms in total. The Labute approximate surface area is 349 Å². The van der Waals surface area contributed by atoms with Crippen LogP contribution in [0.3, 0.4) is 0 Å². The summed E-state index contributed by atoms with van der Waals surface area (Å²) >= 11 is 0. The van der Waals surface area contributed by atoms with Crippen LogP contribution < -0.4 is 0 Å². The van der Waals surface area contributed by atoms with Gasteiger partial charge in [0.2, 0.25) is 0 Å². The Balaban J connectivity index is 1.14. The summed E-state index contributed by atoms with van der Waals surface area (Å²) in [5.74, 6) is 1.02. The molecule has 60 heavy (non-hydrogen) atoms. The van der Waals surface area contributed by atoms with Gasteiger partial charge < -0.3 is 4.42 Å². The molecule has 10 aromatic rings. The summed E-state index contributed by atoms with van der Waals surface area (Å²) in [6, 6.07) is 73.8. The van der Waals surface area contributed by atoms with Gasteiger partial charge in [0.15, 0.2) is 11.7 Å². The van der Waals surface area contributed by atoms with E-state index in [2.05, 4.69) is 188 Å². The molecule has 0 fully saturated rings. The zero-order valence-corrected chi connectivity index (χ0v) is 32.9. The van der Waals surface area contributed by atoms with Gasteiger partial charge in [0, 0.05) is 21.9 Å². The monoisotopic (exact) mass is 769 g/mol. The van der Waals surface area contributed by atoms with E-state index in [-0.39, 0.29) is 0 Å². The first kappa shape index (κ1) is 36.4. The Kier molecular flexibility index (Phi) is 9.78. The van der Waals surface area contributed by atoms with E-state index >= 15 is 0 Å². The molecule has 0 aliphatic heterocycles. The highest BCUT2D eigenvalue weighted by molar-refractivity contribution is 6.23. The number of furan rings is 1. The summed E-state index contributed by atoms with van der Waals surface area (Å²) in [6.07, 6.45) is 0. The van der Waals surface area contributed by atoms with Crippen LogP contribution in [0.15, 0.2) is 232 Å². The van der Waals surface area contributed by atoms with E-state index in [1.54, 1.807) is 0 Å². The summed E-state index contributed by atoms with van der Waals surface area (Å²) in [5, 5.41) is 4.21. The summed E-state index contributed by atoms with van der Waals surface area (Å²) in [5.41, 5.74) is 13.3. The quantitative estimate of drug-likeness (QED) is 0.112. The normalized spacial score (nSPS) is 12.0. The molecule has 0 unspecified atom stereocenters. The van der Waals surface area contributed by atoms with Crippen LogP contribution >= 0.6 is 0 Å². The highest BCUT2D eigenvalue weighted by Crippen LogP contribution is 2.40. The van der Waals surface area contributed by atoms with Gasteiger partial charge in [-0.25, -0.2) is 9.98 Å². The minimum absolute atomic E-state index is 0.432. The Morgan fingerprint density at radius 3 is 1.63 bits per heavy atom. The van der Waals surface area contributed by atoms with E-state index in [1.807, 2.05) is 36.4 Å². The summed E-state index contributed by atoms with van der Waals surface area (Å²) < 4.78 is 6.62. The average Bonchev–Trinajstić information content (AvgIpc) is 3.71. The highest BCUT2D eigenvalue weighted by atomic mass is 16.3. The Hall–Kier alpha value is -7.95. The maximum Gasteiger partial charge on any atom is 0.161 e. The number of fused-ring (bicyclic) bond motifs is 4. The van der Waals surface area contributed by atoms with Crippen molar-refractivity contribution in [2.45, 2.75) is 6.54 Å². The first-order valence-corrected chi connectivity index (χ1v) is 20.1. The number of aliphatic imine (C=N–C) groups is 3. The molecule has 0 N–H and O–H groups in total. The van der Waals surface area contributed by atoms with E-state index in [1.165, 1.54) is 5.56 Å². The Morgan fingerprint density at radius 2 is 0.983 bits per heavy atom. The van der Waals surface area contributed by atoms with Crippen molar-refractivity contribution in [3.05, 3.63) is 229 Å². The third-order valence-corrected chi connectivity index (χ3v) is 11.1. The van der Waals surface area contributed by atoms with E-state index < -0.39 is 0 Å². The van der Waals surface area contributed by atoms with Gasteiger partial charge >= 0.3 is 0 Å². The second-order valence-electron chi connectivity index (χ2n) is 14.8. The highest BCUT2D eigenvalue weighted by Gasteiger charge is 2.20. The smallest absolute Gasteiger partial charge is 0.161 e. The fourth-order valence-electron chi connectivity index (χ4n) is 8.05. The lowest BCUT2D eigenvalue weighted by Gasteiger charge is -2.14. The van der Waals surface area contributed by atoms with E-state index in [0.717, 1.165) is 88.3 Å². The number of nitrogens with zero attached hydrogens (tertiary/aromatic N) is 3. The van der Waals surface area contributed by atoms with Gasteiger partial charge in [0.05, 0.1) is 6.54 Å². The largest absolute Gasteiger partial charge is 0.456 e. The van der Waals surface area contributed by atoms with Crippen molar-refractivity contribution in [2.75, 3.05) is 0 Å². The number of amidine groups is 2. The Morgan fingerprint density at radius 1 is 0.433 bits per heavy atom. The minimum Gasteiger partial charge on any atom is -0.456 e. The molecular weight excluding hydrogens is 731 g/mol. The van der Waals surface area contributed by atoms with Gasteiger partial charge in [-0.05, 0) is 97.9 Å². The van der Waals surface area contributed by atoms with Crippen LogP contribution in [-0.2, 0) is 6.54 Å². The van der Waals surface area contributed by atoms with Crippen LogP contribution in [0.4, 0.5) is 0 Å². The molecule has 9 aromatic carbocycles. The Bertz CT molecular complexity index is 3200. The number of para-hydroxylation sites is 1. The topological polar surface area (TPSA) is 50.2 Å². The lowest BCUT2D eigenvalue weighted by Crippen LogP contribution is -2.06. The lowest BCUT2D eigenvalue weighted by molar-refractivity contribution is 0.669. The molecule has 0 aliphatic carbocycles. The number of rotatable bonds is 8. The van der Waals surface area contributed by atoms with Crippen LogP contribution in [0, 0.1) is 0 Å². The number of hydrogen-bond acceptors (Lipinski definition) is 2. The third kappa shape index (κ3) is 7.23. The molecule has 0 radical (unpaired) electrons. The molecule has 0 aliphatic rings. The predicted octanol–water partition coefficient (Wildman–Crippen LogP) is 14.5. The van der Waals surface area contributed by atoms with Crippen molar-refractivity contribution < 1.29 is 4.42 Å². The van der Waals surface area contributed by atoms with E-state index in [0.29, 0.717) is 18.2 Å². The SMILES string of the molecule is C=NC(=NC(=NCc1ccc(-c2ccccc2)cc1)c1ccc(-c2ccccc2)cc1)c1cc(-c2cc(-c3ccccc3)cc3ccccc23)cc2oc3ccccc3c12. The molecule has 1 aromatic heterocycles. The molecule has 0 saturated carbocycles. The molecule has 4 heteroatoms. The first-order valence-electron chi connectivity index (χ1n) is 20.1. The van der Waals surface area contributed by atoms with Gasteiger partial charge in [-0.3, -0.25) is 4.99 Å². The zero-order valence-electron chi connectivity index (χ0n) is 32.9. The van der Waals surface area contributed by atoms with Crippen LogP contribution in [0.5, 0.6) is 0 Å². The van der Waals surface area contributed by atoms with Crippen molar-refractivity contribution in [3.63, 3.8) is 0 Å². The fourth-order valence-corrected chi connectivity index (χ4v) is 8.05. The molecule has 1 heterocycles. The fraction of sp³-hybridized carbons (Fsp3) is 0.0179. The standard InChI is InChI=1S/C56H39N3O/c1-57-56(59-55(44-31-29-43(30-32-44)40-17-7-3-8-18-40)58-37-38-25-27-42(28-26-38)39-15-5-2-6-16-39)51-35-47(36-53-54(51)49-23-13-14-24-52(49)60-53)50-34-46(41-19-9-4-10-20-41)33-45-21-11-12-22-48(45)50/h2-36H,1,37H2. The van der Waals surface area contributed by atoms with E-state index in [4.69, 9.17) is 14.4 Å². The number of hydrogen-bond donors (Lipinski definition) is 0. The van der Waals surface area contributed by atoms with Crippen LogP contribution in [0.1, 0.15) is 16.7 Å². The molecule has 0 bridgehead atoms. The van der Waals surface area contributed by atoms with Gasteiger partial charge in [0.1, 0.15) is 11.2 Å². The van der Waals surface area contributed by atoms with Crippen molar-refractivity contribution in [1.29, 1.82) is 0 Å². The minimum atomic E-state index is 0.432. The lowest BCUT2D eigenvalue weighted by atomic mass is 9.91. The zero-order chi connectivity index (χ0) is 40.3. The van der Waals surface area contributed by atoms with Crippen LogP contribution in [-0.4, -0.2) is 18.4 Å². The van der Waals surface area contributed by atoms with Crippen molar-refractivity contribution in [3.8, 4) is 44.5 Å². The van der Waals surface area contributed by atoms with Gasteiger partial charge in [-0.1, -0.05) is 182 Å². The summed E-state index contributed by atoms with van der Waals surface area (Å²) in [4.78, 5) is 15.2. The number of benzene rings is 9. The van der Waals surface area contributed by atoms with Gasteiger partial charge in [-0.15, -0.1) is 0 Å². The molecule has 0 atom stereocenters. The van der Waals surface area contributed by atoms with Gasteiger partial charge in [-0.2, -0.15) is 0 Å². The molecular formula is C56H39N3O. The van der Waals surface area contributed by atoms with Gasteiger partial charge in [0.25, 0.3) is 0 Å². The van der Waals surface area contributed by atoms with Crippen molar-refractivity contribution >= 4 is 51.1 Å². The predicted molar refractivity (Wildman–Crippen MR) is 252 cm³/mol. The first-order chi connectivity index (χ1) is 29.7. The maximum atomic E-state index is 6.62. The summed E-state index contributed by atoms with van der Waals surface area (Å²) in [6.45, 7) is 4.54. The van der Waals surface area contributed by atoms with Crippen molar-refractivity contribution in [2.24, 2.45) is 15.0 Å². The van der Waals surface area contributed by atoms with Crippen molar-refractivity contribution in [1.82, 2.24) is 0 Å². The molecule has 284 valence electrons. The van der Waals surface area contributed by atoms with Crippen LogP contribution in [0.25, 0.3) is 77.2 Å².